The van der Waals surface area contributed by atoms with Gasteiger partial charge in [-0.2, -0.15) is 0 Å². The summed E-state index contributed by atoms with van der Waals surface area (Å²) < 4.78 is 0.733. The van der Waals surface area contributed by atoms with Crippen LogP contribution >= 0.6 is 22.6 Å². The molecule has 0 unspecified atom stereocenters. The van der Waals surface area contributed by atoms with E-state index in [-0.39, 0.29) is 11.7 Å². The average molecular weight is 380 g/mol. The van der Waals surface area contributed by atoms with E-state index >= 15 is 0 Å². The molecule has 0 saturated carbocycles. The van der Waals surface area contributed by atoms with Gasteiger partial charge < -0.3 is 15.7 Å². The van der Waals surface area contributed by atoms with Gasteiger partial charge in [-0.3, -0.25) is 4.79 Å². The Bertz CT molecular complexity index is 700. The third-order valence-electron chi connectivity index (χ3n) is 3.43. The van der Waals surface area contributed by atoms with E-state index in [1.165, 1.54) is 6.07 Å². The van der Waals surface area contributed by atoms with Crippen molar-refractivity contribution in [1.29, 1.82) is 0 Å². The number of phenolic OH excluding ortho intramolecular Hbond substituents is 1. The molecule has 1 amide bonds. The lowest BCUT2D eigenvalue weighted by Crippen LogP contribution is -2.25. The molecule has 5 heteroatoms. The van der Waals surface area contributed by atoms with Gasteiger partial charge in [0, 0.05) is 24.3 Å². The Labute approximate surface area is 130 Å². The fourth-order valence-corrected chi connectivity index (χ4v) is 2.72. The highest BCUT2D eigenvalue weighted by atomic mass is 127. The maximum atomic E-state index is 12.4. The molecule has 0 fully saturated rings. The Hall–Kier alpha value is -1.76. The lowest BCUT2D eigenvalue weighted by Gasteiger charge is -2.15. The number of hydrogen-bond donors (Lipinski definition) is 2. The van der Waals surface area contributed by atoms with Crippen LogP contribution in [0.3, 0.4) is 0 Å². The molecule has 2 aromatic carbocycles. The third-order valence-corrected chi connectivity index (χ3v) is 4.35. The van der Waals surface area contributed by atoms with Crippen LogP contribution in [0.25, 0.3) is 0 Å². The van der Waals surface area contributed by atoms with E-state index in [1.54, 1.807) is 17.0 Å². The number of halogens is 1. The van der Waals surface area contributed by atoms with E-state index < -0.39 is 0 Å². The lowest BCUT2D eigenvalue weighted by atomic mass is 10.1. The van der Waals surface area contributed by atoms with Crippen molar-refractivity contribution in [1.82, 2.24) is 4.90 Å². The average Bonchev–Trinajstić information content (AvgIpc) is 2.84. The Morgan fingerprint density at radius 2 is 1.90 bits per heavy atom. The molecule has 2 aromatic rings. The number of hydrogen-bond acceptors (Lipinski definition) is 3. The normalized spacial score (nSPS) is 13.3. The van der Waals surface area contributed by atoms with Gasteiger partial charge in [-0.15, -0.1) is 0 Å². The second-order valence-corrected chi connectivity index (χ2v) is 6.02. The predicted molar refractivity (Wildman–Crippen MR) is 85.3 cm³/mol. The highest BCUT2D eigenvalue weighted by molar-refractivity contribution is 14.1. The van der Waals surface area contributed by atoms with Gasteiger partial charge >= 0.3 is 0 Å². The summed E-state index contributed by atoms with van der Waals surface area (Å²) in [5.41, 5.74) is 9.20. The molecule has 1 heterocycles. The van der Waals surface area contributed by atoms with Gasteiger partial charge in [-0.25, -0.2) is 0 Å². The van der Waals surface area contributed by atoms with Crippen LogP contribution in [0.2, 0.25) is 0 Å². The first-order valence-electron chi connectivity index (χ1n) is 6.19. The number of fused-ring (bicyclic) bond motifs is 1. The first-order valence-corrected chi connectivity index (χ1v) is 7.27. The molecule has 0 bridgehead atoms. The van der Waals surface area contributed by atoms with Gasteiger partial charge in [0.25, 0.3) is 5.91 Å². The van der Waals surface area contributed by atoms with Crippen molar-refractivity contribution in [2.45, 2.75) is 13.1 Å². The van der Waals surface area contributed by atoms with Crippen LogP contribution in [0.5, 0.6) is 5.75 Å². The molecule has 0 aromatic heterocycles. The predicted octanol–water partition coefficient (Wildman–Crippen LogP) is 2.74. The number of aromatic hydroxyl groups is 1. The summed E-state index contributed by atoms with van der Waals surface area (Å²) in [6.07, 6.45) is 0. The Kier molecular flexibility index (Phi) is 3.29. The number of phenols is 1. The lowest BCUT2D eigenvalue weighted by molar-refractivity contribution is 0.0751. The molecular formula is C15H13IN2O2. The monoisotopic (exact) mass is 380 g/mol. The molecular weight excluding hydrogens is 367 g/mol. The maximum Gasteiger partial charge on any atom is 0.254 e. The molecule has 4 nitrogen and oxygen atoms in total. The molecule has 102 valence electrons. The zero-order valence-corrected chi connectivity index (χ0v) is 12.8. The molecule has 0 spiro atoms. The van der Waals surface area contributed by atoms with Gasteiger partial charge in [-0.1, -0.05) is 6.07 Å². The standard InChI is InChI=1S/C15H13IN2O2/c16-13-4-2-9(6-14(13)19)15(20)18-7-10-1-3-12(17)5-11(10)8-18/h1-6,19H,7-8,17H2. The summed E-state index contributed by atoms with van der Waals surface area (Å²) in [6.45, 7) is 1.15. The van der Waals surface area contributed by atoms with Gasteiger partial charge in [0.1, 0.15) is 5.75 Å². The molecule has 3 N–H and O–H groups in total. The fraction of sp³-hybridized carbons (Fsp3) is 0.133. The van der Waals surface area contributed by atoms with Crippen LogP contribution in [0.1, 0.15) is 21.5 Å². The molecule has 1 aliphatic heterocycles. The summed E-state index contributed by atoms with van der Waals surface area (Å²) in [7, 11) is 0. The largest absolute Gasteiger partial charge is 0.507 e. The highest BCUT2D eigenvalue weighted by Crippen LogP contribution is 2.27. The number of anilines is 1. The topological polar surface area (TPSA) is 66.6 Å². The SMILES string of the molecule is Nc1ccc2c(c1)CN(C(=O)c1ccc(I)c(O)c1)C2. The van der Waals surface area contributed by atoms with Crippen LogP contribution in [-0.4, -0.2) is 15.9 Å². The first kappa shape index (κ1) is 13.2. The minimum Gasteiger partial charge on any atom is -0.507 e. The molecule has 0 aliphatic carbocycles. The van der Waals surface area contributed by atoms with Crippen LogP contribution in [0, 0.1) is 3.57 Å². The Balaban J connectivity index is 1.85. The van der Waals surface area contributed by atoms with Crippen LogP contribution < -0.4 is 5.73 Å². The summed E-state index contributed by atoms with van der Waals surface area (Å²) >= 11 is 2.03. The van der Waals surface area contributed by atoms with Crippen LogP contribution in [0.15, 0.2) is 36.4 Å². The van der Waals surface area contributed by atoms with Crippen molar-refractivity contribution >= 4 is 34.2 Å². The number of benzene rings is 2. The van der Waals surface area contributed by atoms with Gasteiger partial charge in [0.15, 0.2) is 0 Å². The molecule has 1 aliphatic rings. The zero-order valence-electron chi connectivity index (χ0n) is 10.6. The van der Waals surface area contributed by atoms with E-state index in [0.29, 0.717) is 24.3 Å². The van der Waals surface area contributed by atoms with Crippen molar-refractivity contribution in [2.75, 3.05) is 5.73 Å². The van der Waals surface area contributed by atoms with Crippen molar-refractivity contribution < 1.29 is 9.90 Å². The molecule has 0 radical (unpaired) electrons. The molecule has 20 heavy (non-hydrogen) atoms. The second-order valence-electron chi connectivity index (χ2n) is 4.86. The quantitative estimate of drug-likeness (QED) is 0.591. The minimum absolute atomic E-state index is 0.0773. The van der Waals surface area contributed by atoms with E-state index in [0.717, 1.165) is 14.7 Å². The first-order chi connectivity index (χ1) is 9.54. The van der Waals surface area contributed by atoms with Gasteiger partial charge in [0.2, 0.25) is 0 Å². The van der Waals surface area contributed by atoms with Crippen molar-refractivity contribution in [3.8, 4) is 5.75 Å². The van der Waals surface area contributed by atoms with Gasteiger partial charge in [-0.05, 0) is 64.0 Å². The molecule has 3 rings (SSSR count). The van der Waals surface area contributed by atoms with Crippen LogP contribution in [0.4, 0.5) is 5.69 Å². The highest BCUT2D eigenvalue weighted by Gasteiger charge is 2.24. The number of nitrogens with two attached hydrogens (primary N) is 1. The minimum atomic E-state index is -0.0773. The van der Waals surface area contributed by atoms with E-state index in [1.807, 2.05) is 40.8 Å². The summed E-state index contributed by atoms with van der Waals surface area (Å²) in [5, 5.41) is 9.71. The van der Waals surface area contributed by atoms with E-state index in [2.05, 4.69) is 0 Å². The summed E-state index contributed by atoms with van der Waals surface area (Å²) in [4.78, 5) is 14.2. The smallest absolute Gasteiger partial charge is 0.254 e. The number of nitrogens with zero attached hydrogens (tertiary/aromatic N) is 1. The summed E-state index contributed by atoms with van der Waals surface area (Å²) in [6, 6.07) is 10.7. The number of carbonyl (C=O) groups excluding carboxylic acids is 1. The molecule has 0 atom stereocenters. The number of carbonyl (C=O) groups is 1. The number of amides is 1. The summed E-state index contributed by atoms with van der Waals surface area (Å²) in [5.74, 6) is 0.0591. The second kappa shape index (κ2) is 4.97. The van der Waals surface area contributed by atoms with E-state index in [9.17, 15) is 9.90 Å². The van der Waals surface area contributed by atoms with Crippen molar-refractivity contribution in [3.63, 3.8) is 0 Å². The third kappa shape index (κ3) is 2.33. The number of nitrogen functional groups attached to an aromatic ring is 1. The van der Waals surface area contributed by atoms with Crippen molar-refractivity contribution in [3.05, 3.63) is 56.7 Å². The molecule has 0 saturated heterocycles. The Morgan fingerprint density at radius 3 is 2.65 bits per heavy atom. The Morgan fingerprint density at radius 1 is 1.15 bits per heavy atom. The zero-order chi connectivity index (χ0) is 14.3. The maximum absolute atomic E-state index is 12.4. The number of rotatable bonds is 1. The van der Waals surface area contributed by atoms with E-state index in [4.69, 9.17) is 5.73 Å². The van der Waals surface area contributed by atoms with Crippen molar-refractivity contribution in [2.24, 2.45) is 0 Å². The van der Waals surface area contributed by atoms with Crippen LogP contribution in [-0.2, 0) is 13.1 Å². The van der Waals surface area contributed by atoms with Gasteiger partial charge in [0.05, 0.1) is 3.57 Å². The fourth-order valence-electron chi connectivity index (χ4n) is 2.39.